The fourth-order valence-electron chi connectivity index (χ4n) is 5.38. The highest BCUT2D eigenvalue weighted by Gasteiger charge is 2.66. The van der Waals surface area contributed by atoms with E-state index in [1.165, 1.54) is 0 Å². The molecule has 3 heterocycles. The second-order valence-corrected chi connectivity index (χ2v) is 9.43. The monoisotopic (exact) mass is 497 g/mol. The molecule has 3 aliphatic carbocycles. The van der Waals surface area contributed by atoms with E-state index in [0.717, 1.165) is 27.0 Å². The minimum atomic E-state index is -0.660. The van der Waals surface area contributed by atoms with Crippen LogP contribution >= 0.6 is 22.6 Å². The molecule has 1 unspecified atom stereocenters. The van der Waals surface area contributed by atoms with E-state index < -0.39 is 5.79 Å². The molecule has 3 saturated carbocycles. The third-order valence-electron chi connectivity index (χ3n) is 6.47. The van der Waals surface area contributed by atoms with Crippen molar-refractivity contribution in [2.45, 2.75) is 44.3 Å². The van der Waals surface area contributed by atoms with Gasteiger partial charge < -0.3 is 24.7 Å². The zero-order valence-electron chi connectivity index (χ0n) is 16.3. The van der Waals surface area contributed by atoms with Gasteiger partial charge in [0, 0.05) is 25.9 Å². The SMILES string of the molecule is CNC(=O)[C@H]1C2C[C@@H]1[C@H]1OC(C)(C)O[C@H]1[C@@H]2n1cnc2c(NC)cc(I)nc21. The van der Waals surface area contributed by atoms with Gasteiger partial charge in [-0.25, -0.2) is 9.97 Å². The minimum Gasteiger partial charge on any atom is -0.386 e. The molecule has 1 amide bonds. The molecule has 1 aliphatic heterocycles. The fourth-order valence-corrected chi connectivity index (χ4v) is 5.92. The van der Waals surface area contributed by atoms with Crippen LogP contribution < -0.4 is 10.6 Å². The quantitative estimate of drug-likeness (QED) is 0.499. The van der Waals surface area contributed by atoms with Crippen molar-refractivity contribution in [2.75, 3.05) is 19.4 Å². The number of rotatable bonds is 3. The summed E-state index contributed by atoms with van der Waals surface area (Å²) in [6, 6.07) is 1.94. The molecule has 6 rings (SSSR count). The van der Waals surface area contributed by atoms with Gasteiger partial charge in [0.25, 0.3) is 0 Å². The lowest BCUT2D eigenvalue weighted by molar-refractivity contribution is -0.165. The van der Waals surface area contributed by atoms with Crippen LogP contribution in [0.15, 0.2) is 12.4 Å². The number of hydrogen-bond donors (Lipinski definition) is 2. The van der Waals surface area contributed by atoms with Crippen LogP contribution in [-0.2, 0) is 14.3 Å². The fraction of sp³-hybridized carbons (Fsp3) is 0.632. The highest BCUT2D eigenvalue weighted by atomic mass is 127. The Bertz CT molecular complexity index is 960. The maximum atomic E-state index is 12.6. The molecule has 2 bridgehead atoms. The maximum Gasteiger partial charge on any atom is 0.223 e. The van der Waals surface area contributed by atoms with Crippen molar-refractivity contribution in [1.29, 1.82) is 0 Å². The number of imidazole rings is 1. The standard InChI is InChI=1S/C19H24IN5O3/c1-19(2)27-15-9-5-8(12(9)18(26)22-4)14(16(15)28-19)25-7-23-13-10(21-3)6-11(20)24-17(13)25/h6-9,12,14-16H,5H2,1-4H3,(H,21,24)(H,22,26)/t8?,9-,12-,14+,15+,16-/m0/s1. The highest BCUT2D eigenvalue weighted by molar-refractivity contribution is 14.1. The molecule has 4 fully saturated rings. The lowest BCUT2D eigenvalue weighted by Gasteiger charge is -2.56. The number of anilines is 1. The van der Waals surface area contributed by atoms with E-state index in [1.807, 2.05) is 33.3 Å². The minimum absolute atomic E-state index is 0.0421. The number of fused-ring (bicyclic) bond motifs is 1. The lowest BCUT2D eigenvalue weighted by Crippen LogP contribution is -2.63. The molecule has 150 valence electrons. The first-order valence-electron chi connectivity index (χ1n) is 9.62. The Hall–Kier alpha value is -1.46. The summed E-state index contributed by atoms with van der Waals surface area (Å²) in [6.45, 7) is 3.89. The summed E-state index contributed by atoms with van der Waals surface area (Å²) in [5.74, 6) is -0.270. The zero-order chi connectivity index (χ0) is 19.8. The molecule has 2 N–H and O–H groups in total. The Morgan fingerprint density at radius 2 is 2.04 bits per heavy atom. The van der Waals surface area contributed by atoms with E-state index in [4.69, 9.17) is 14.5 Å². The van der Waals surface area contributed by atoms with Crippen LogP contribution in [0.25, 0.3) is 11.2 Å². The molecular formula is C19H24IN5O3. The van der Waals surface area contributed by atoms with Gasteiger partial charge >= 0.3 is 0 Å². The zero-order valence-corrected chi connectivity index (χ0v) is 18.4. The van der Waals surface area contributed by atoms with Gasteiger partial charge in [-0.1, -0.05) is 0 Å². The molecule has 2 aromatic rings. The van der Waals surface area contributed by atoms with Crippen LogP contribution in [-0.4, -0.2) is 52.5 Å². The van der Waals surface area contributed by atoms with Gasteiger partial charge in [0.1, 0.15) is 15.3 Å². The Balaban J connectivity index is 1.64. The number of aromatic nitrogens is 3. The predicted octanol–water partition coefficient (Wildman–Crippen LogP) is 2.15. The van der Waals surface area contributed by atoms with Crippen molar-refractivity contribution in [3.05, 3.63) is 16.1 Å². The molecule has 0 aromatic carbocycles. The second kappa shape index (κ2) is 6.27. The van der Waals surface area contributed by atoms with Gasteiger partial charge in [0.05, 0.1) is 24.2 Å². The highest BCUT2D eigenvalue weighted by Crippen LogP contribution is 2.60. The summed E-state index contributed by atoms with van der Waals surface area (Å²) in [5, 5.41) is 6.04. The van der Waals surface area contributed by atoms with Crippen molar-refractivity contribution >= 4 is 45.3 Å². The molecule has 0 radical (unpaired) electrons. The second-order valence-electron chi connectivity index (χ2n) is 8.33. The first kappa shape index (κ1) is 18.6. The van der Waals surface area contributed by atoms with Crippen LogP contribution in [0.1, 0.15) is 26.3 Å². The molecule has 4 aliphatic rings. The van der Waals surface area contributed by atoms with Gasteiger partial charge in [-0.05, 0) is 54.8 Å². The number of carbonyl (C=O) groups excluding carboxylic acids is 1. The number of nitrogens with zero attached hydrogens (tertiary/aromatic N) is 3. The average Bonchev–Trinajstić information content (AvgIpc) is 3.18. The molecule has 9 heteroatoms. The molecule has 28 heavy (non-hydrogen) atoms. The number of halogens is 1. The summed E-state index contributed by atoms with van der Waals surface area (Å²) in [5.41, 5.74) is 2.59. The van der Waals surface area contributed by atoms with Gasteiger partial charge in [-0.15, -0.1) is 0 Å². The van der Waals surface area contributed by atoms with Crippen LogP contribution in [0.4, 0.5) is 5.69 Å². The summed E-state index contributed by atoms with van der Waals surface area (Å²) >= 11 is 2.22. The van der Waals surface area contributed by atoms with Crippen molar-refractivity contribution < 1.29 is 14.3 Å². The predicted molar refractivity (Wildman–Crippen MR) is 112 cm³/mol. The smallest absolute Gasteiger partial charge is 0.223 e. The van der Waals surface area contributed by atoms with Crippen molar-refractivity contribution in [3.63, 3.8) is 0 Å². The number of hydrogen-bond acceptors (Lipinski definition) is 6. The number of pyridine rings is 1. The topological polar surface area (TPSA) is 90.3 Å². The van der Waals surface area contributed by atoms with Crippen molar-refractivity contribution in [3.8, 4) is 0 Å². The van der Waals surface area contributed by atoms with E-state index in [-0.39, 0.29) is 41.9 Å². The lowest BCUT2D eigenvalue weighted by atomic mass is 9.52. The molecule has 8 nitrogen and oxygen atoms in total. The van der Waals surface area contributed by atoms with Crippen LogP contribution in [0.5, 0.6) is 0 Å². The van der Waals surface area contributed by atoms with E-state index in [2.05, 4.69) is 42.8 Å². The Morgan fingerprint density at radius 1 is 1.29 bits per heavy atom. The summed E-state index contributed by atoms with van der Waals surface area (Å²) in [7, 11) is 3.59. The van der Waals surface area contributed by atoms with E-state index in [9.17, 15) is 4.79 Å². The van der Waals surface area contributed by atoms with Gasteiger partial charge in [-0.3, -0.25) is 4.79 Å². The average molecular weight is 497 g/mol. The van der Waals surface area contributed by atoms with Crippen molar-refractivity contribution in [1.82, 2.24) is 19.9 Å². The third-order valence-corrected chi connectivity index (χ3v) is 7.02. The van der Waals surface area contributed by atoms with Crippen LogP contribution in [0, 0.1) is 21.5 Å². The number of nitrogens with one attached hydrogen (secondary N) is 2. The molecule has 2 aromatic heterocycles. The van der Waals surface area contributed by atoms with E-state index in [1.54, 1.807) is 7.05 Å². The van der Waals surface area contributed by atoms with E-state index in [0.29, 0.717) is 0 Å². The third kappa shape index (κ3) is 2.51. The number of amides is 1. The van der Waals surface area contributed by atoms with E-state index >= 15 is 0 Å². The number of ether oxygens (including phenoxy) is 2. The van der Waals surface area contributed by atoms with Crippen LogP contribution in [0.2, 0.25) is 0 Å². The van der Waals surface area contributed by atoms with Gasteiger partial charge in [-0.2, -0.15) is 0 Å². The Morgan fingerprint density at radius 3 is 2.75 bits per heavy atom. The van der Waals surface area contributed by atoms with Crippen molar-refractivity contribution in [2.24, 2.45) is 17.8 Å². The molecular weight excluding hydrogens is 473 g/mol. The Kier molecular flexibility index (Phi) is 4.15. The van der Waals surface area contributed by atoms with Gasteiger partial charge in [0.2, 0.25) is 5.91 Å². The summed E-state index contributed by atoms with van der Waals surface area (Å²) in [6.07, 6.45) is 2.57. The number of carbonyl (C=O) groups is 1. The first-order valence-corrected chi connectivity index (χ1v) is 10.7. The normalized spacial score (nSPS) is 35.3. The molecule has 6 atom stereocenters. The van der Waals surface area contributed by atoms with Gasteiger partial charge in [0.15, 0.2) is 11.4 Å². The van der Waals surface area contributed by atoms with Crippen LogP contribution in [0.3, 0.4) is 0 Å². The Labute approximate surface area is 176 Å². The first-order chi connectivity index (χ1) is 13.3. The summed E-state index contributed by atoms with van der Waals surface area (Å²) in [4.78, 5) is 22.0. The maximum absolute atomic E-state index is 12.6. The molecule has 1 saturated heterocycles. The summed E-state index contributed by atoms with van der Waals surface area (Å²) < 4.78 is 15.6. The molecule has 0 spiro atoms. The largest absolute Gasteiger partial charge is 0.386 e.